The monoisotopic (exact) mass is 268 g/mol. The Morgan fingerprint density at radius 1 is 1.21 bits per heavy atom. The van der Waals surface area contributed by atoms with E-state index in [-0.39, 0.29) is 24.5 Å². The van der Waals surface area contributed by atoms with Crippen LogP contribution in [0.25, 0.3) is 0 Å². The number of carbonyl (C=O) groups excluding carboxylic acids is 2. The smallest absolute Gasteiger partial charge is 0.321 e. The van der Waals surface area contributed by atoms with Crippen LogP contribution in [0, 0.1) is 0 Å². The molecule has 0 radical (unpaired) electrons. The lowest BCUT2D eigenvalue weighted by Crippen LogP contribution is -2.46. The molecule has 1 heterocycles. The third-order valence-corrected chi connectivity index (χ3v) is 3.73. The Kier molecular flexibility index (Phi) is 5.15. The molecule has 1 saturated carbocycles. The zero-order valence-electron chi connectivity index (χ0n) is 11.6. The van der Waals surface area contributed by atoms with Crippen LogP contribution < -0.4 is 16.0 Å². The van der Waals surface area contributed by atoms with E-state index in [1.54, 1.807) is 0 Å². The maximum Gasteiger partial charge on any atom is 0.321 e. The molecule has 1 aliphatic carbocycles. The van der Waals surface area contributed by atoms with Gasteiger partial charge in [0.2, 0.25) is 5.91 Å². The zero-order valence-corrected chi connectivity index (χ0v) is 11.6. The molecule has 1 unspecified atom stereocenters. The molecule has 0 aromatic heterocycles. The summed E-state index contributed by atoms with van der Waals surface area (Å²) in [6.07, 6.45) is 5.34. The van der Waals surface area contributed by atoms with Crippen molar-refractivity contribution in [1.82, 2.24) is 20.9 Å². The Bertz CT molecular complexity index is 323. The molecule has 6 nitrogen and oxygen atoms in total. The molecule has 0 spiro atoms. The van der Waals surface area contributed by atoms with E-state index >= 15 is 0 Å². The van der Waals surface area contributed by atoms with E-state index < -0.39 is 0 Å². The average molecular weight is 268 g/mol. The van der Waals surface area contributed by atoms with Crippen molar-refractivity contribution in [3.05, 3.63) is 0 Å². The summed E-state index contributed by atoms with van der Waals surface area (Å²) in [6, 6.07) is 0.342. The lowest BCUT2D eigenvalue weighted by molar-refractivity contribution is -0.121. The van der Waals surface area contributed by atoms with Gasteiger partial charge in [0.05, 0.1) is 6.54 Å². The van der Waals surface area contributed by atoms with Gasteiger partial charge in [-0.2, -0.15) is 0 Å². The van der Waals surface area contributed by atoms with Gasteiger partial charge in [0.1, 0.15) is 0 Å². The van der Waals surface area contributed by atoms with E-state index in [9.17, 15) is 9.59 Å². The van der Waals surface area contributed by atoms with E-state index in [0.29, 0.717) is 6.04 Å². The Labute approximate surface area is 114 Å². The average Bonchev–Trinajstić information content (AvgIpc) is 3.13. The highest BCUT2D eigenvalue weighted by molar-refractivity contribution is 5.95. The highest BCUT2D eigenvalue weighted by Crippen LogP contribution is 2.18. The van der Waals surface area contributed by atoms with E-state index in [1.165, 1.54) is 0 Å². The van der Waals surface area contributed by atoms with Gasteiger partial charge in [-0.05, 0) is 52.2 Å². The minimum Gasteiger partial charge on any atom is -0.335 e. The van der Waals surface area contributed by atoms with Gasteiger partial charge in [-0.1, -0.05) is 0 Å². The number of amides is 3. The molecule has 3 N–H and O–H groups in total. The minimum atomic E-state index is -0.358. The number of nitrogens with zero attached hydrogens (tertiary/aromatic N) is 1. The number of carbonyl (C=O) groups is 2. The van der Waals surface area contributed by atoms with Gasteiger partial charge in [-0.25, -0.2) is 4.79 Å². The van der Waals surface area contributed by atoms with Gasteiger partial charge in [-0.3, -0.25) is 15.0 Å². The van der Waals surface area contributed by atoms with E-state index in [0.717, 1.165) is 45.2 Å². The summed E-state index contributed by atoms with van der Waals surface area (Å²) >= 11 is 0. The molecule has 0 aromatic carbocycles. The molecule has 3 amide bonds. The second-order valence-electron chi connectivity index (χ2n) is 5.55. The molecule has 2 fully saturated rings. The lowest BCUT2D eigenvalue weighted by atomic mass is 10.1. The summed E-state index contributed by atoms with van der Waals surface area (Å²) in [6.45, 7) is 2.34. The fourth-order valence-corrected chi connectivity index (χ4v) is 2.41. The summed E-state index contributed by atoms with van der Waals surface area (Å²) in [5, 5.41) is 8.49. The van der Waals surface area contributed by atoms with Crippen LogP contribution in [0.3, 0.4) is 0 Å². The molecule has 1 saturated heterocycles. The zero-order chi connectivity index (χ0) is 13.7. The predicted molar refractivity (Wildman–Crippen MR) is 72.8 cm³/mol. The van der Waals surface area contributed by atoms with Crippen molar-refractivity contribution in [2.45, 2.75) is 44.2 Å². The molecular formula is C13H24N4O2. The van der Waals surface area contributed by atoms with Crippen molar-refractivity contribution < 1.29 is 9.59 Å². The summed E-state index contributed by atoms with van der Waals surface area (Å²) in [4.78, 5) is 25.3. The summed E-state index contributed by atoms with van der Waals surface area (Å²) in [5.74, 6) is -0.224. The first-order valence-electron chi connectivity index (χ1n) is 7.16. The number of rotatable bonds is 4. The maximum absolute atomic E-state index is 11.8. The van der Waals surface area contributed by atoms with Crippen LogP contribution in [0.2, 0.25) is 0 Å². The second kappa shape index (κ2) is 6.86. The van der Waals surface area contributed by atoms with Crippen LogP contribution >= 0.6 is 0 Å². The van der Waals surface area contributed by atoms with Crippen molar-refractivity contribution in [3.63, 3.8) is 0 Å². The van der Waals surface area contributed by atoms with E-state index in [1.807, 2.05) is 11.9 Å². The molecule has 6 heteroatoms. The highest BCUT2D eigenvalue weighted by Gasteiger charge is 2.24. The van der Waals surface area contributed by atoms with Gasteiger partial charge in [0, 0.05) is 12.1 Å². The molecule has 0 aromatic rings. The van der Waals surface area contributed by atoms with Crippen molar-refractivity contribution in [2.24, 2.45) is 0 Å². The second-order valence-corrected chi connectivity index (χ2v) is 5.55. The normalized spacial score (nSPS) is 23.8. The van der Waals surface area contributed by atoms with Crippen LogP contribution in [0.1, 0.15) is 32.1 Å². The van der Waals surface area contributed by atoms with E-state index in [4.69, 9.17) is 0 Å². The minimum absolute atomic E-state index is 0.224. The SMILES string of the molecule is CN(CC(=O)NC(=O)NC1CC1)C1CCCNCC1. The number of hydrogen-bond donors (Lipinski definition) is 3. The number of likely N-dealkylation sites (N-methyl/N-ethyl adjacent to an activating group) is 1. The van der Waals surface area contributed by atoms with Crippen LogP contribution in [0.4, 0.5) is 4.79 Å². The van der Waals surface area contributed by atoms with Gasteiger partial charge >= 0.3 is 6.03 Å². The van der Waals surface area contributed by atoms with Crippen LogP contribution in [-0.4, -0.2) is 55.6 Å². The fourth-order valence-electron chi connectivity index (χ4n) is 2.41. The largest absolute Gasteiger partial charge is 0.335 e. The number of hydrogen-bond acceptors (Lipinski definition) is 4. The standard InChI is InChI=1S/C13H24N4O2/c1-17(11-3-2-7-14-8-6-11)9-12(18)16-13(19)15-10-4-5-10/h10-11,14H,2-9H2,1H3,(H2,15,16,18,19). The molecule has 19 heavy (non-hydrogen) atoms. The van der Waals surface area contributed by atoms with Gasteiger partial charge < -0.3 is 10.6 Å². The first-order chi connectivity index (χ1) is 9.15. The molecular weight excluding hydrogens is 244 g/mol. The Hall–Kier alpha value is -1.14. The molecule has 1 atom stereocenters. The molecule has 0 bridgehead atoms. The van der Waals surface area contributed by atoms with Crippen LogP contribution in [-0.2, 0) is 4.79 Å². The van der Waals surface area contributed by atoms with Gasteiger partial charge in [0.25, 0.3) is 0 Å². The van der Waals surface area contributed by atoms with E-state index in [2.05, 4.69) is 16.0 Å². The fraction of sp³-hybridized carbons (Fsp3) is 0.846. The highest BCUT2D eigenvalue weighted by atomic mass is 16.2. The van der Waals surface area contributed by atoms with Crippen molar-refractivity contribution in [3.8, 4) is 0 Å². The summed E-state index contributed by atoms with van der Waals surface area (Å²) in [7, 11) is 1.95. The quantitative estimate of drug-likeness (QED) is 0.673. The first-order valence-corrected chi connectivity index (χ1v) is 7.16. The molecule has 2 rings (SSSR count). The lowest BCUT2D eigenvalue weighted by Gasteiger charge is -2.25. The predicted octanol–water partition coefficient (Wildman–Crippen LogP) is 0.0485. The summed E-state index contributed by atoms with van der Waals surface area (Å²) in [5.41, 5.74) is 0. The number of nitrogens with one attached hydrogen (secondary N) is 3. The van der Waals surface area contributed by atoms with Crippen LogP contribution in [0.15, 0.2) is 0 Å². The molecule has 2 aliphatic rings. The van der Waals surface area contributed by atoms with Crippen molar-refractivity contribution in [2.75, 3.05) is 26.7 Å². The van der Waals surface area contributed by atoms with Crippen LogP contribution in [0.5, 0.6) is 0 Å². The molecule has 1 aliphatic heterocycles. The van der Waals surface area contributed by atoms with Gasteiger partial charge in [0.15, 0.2) is 0 Å². The van der Waals surface area contributed by atoms with Crippen molar-refractivity contribution in [1.29, 1.82) is 0 Å². The Morgan fingerprint density at radius 3 is 2.74 bits per heavy atom. The van der Waals surface area contributed by atoms with Gasteiger partial charge in [-0.15, -0.1) is 0 Å². The first kappa shape index (κ1) is 14.3. The third kappa shape index (κ3) is 5.16. The topological polar surface area (TPSA) is 73.5 Å². The third-order valence-electron chi connectivity index (χ3n) is 3.73. The Morgan fingerprint density at radius 2 is 2.00 bits per heavy atom. The maximum atomic E-state index is 11.8. The molecule has 108 valence electrons. The number of imide groups is 1. The number of urea groups is 1. The van der Waals surface area contributed by atoms with Crippen molar-refractivity contribution >= 4 is 11.9 Å². The summed E-state index contributed by atoms with van der Waals surface area (Å²) < 4.78 is 0. The Balaban J connectivity index is 1.68.